The Bertz CT molecular complexity index is 489. The fraction of sp³-hybridized carbons (Fsp3) is 0.583. The molecule has 1 saturated heterocycles. The van der Waals surface area contributed by atoms with Gasteiger partial charge in [-0.2, -0.15) is 0 Å². The number of hydrogen-bond donors (Lipinski definition) is 1. The number of nitrogens with zero attached hydrogens (tertiary/aromatic N) is 1. The number of halogens is 2. The van der Waals surface area contributed by atoms with Crippen LogP contribution in [0, 0.1) is 0 Å². The molecule has 1 aromatic heterocycles. The van der Waals surface area contributed by atoms with E-state index < -0.39 is 5.60 Å². The Morgan fingerprint density at radius 1 is 1.63 bits per heavy atom. The fourth-order valence-corrected chi connectivity index (χ4v) is 4.98. The first-order chi connectivity index (χ1) is 8.82. The summed E-state index contributed by atoms with van der Waals surface area (Å²) in [6.45, 7) is 4.70. The lowest BCUT2D eigenvalue weighted by Gasteiger charge is -2.42. The van der Waals surface area contributed by atoms with Gasteiger partial charge in [0.1, 0.15) is 0 Å². The van der Waals surface area contributed by atoms with Crippen LogP contribution in [0.3, 0.4) is 0 Å². The number of ether oxygens (including phenoxy) is 1. The SMILES string of the molecule is CC1(C)CN(C(=O)c2cc(Br)sc2Br)CC(CO)O1. The van der Waals surface area contributed by atoms with Gasteiger partial charge in [-0.25, -0.2) is 0 Å². The molecule has 1 aliphatic heterocycles. The molecule has 2 heterocycles. The number of amides is 1. The van der Waals surface area contributed by atoms with E-state index in [1.807, 2.05) is 19.9 Å². The normalized spacial score (nSPS) is 22.6. The lowest BCUT2D eigenvalue weighted by Crippen LogP contribution is -2.55. The predicted molar refractivity (Wildman–Crippen MR) is 81.7 cm³/mol. The van der Waals surface area contributed by atoms with Gasteiger partial charge in [-0.05, 0) is 51.8 Å². The van der Waals surface area contributed by atoms with Crippen molar-refractivity contribution in [3.8, 4) is 0 Å². The van der Waals surface area contributed by atoms with Crippen molar-refractivity contribution < 1.29 is 14.6 Å². The van der Waals surface area contributed by atoms with Crippen molar-refractivity contribution in [1.82, 2.24) is 4.90 Å². The van der Waals surface area contributed by atoms with Gasteiger partial charge >= 0.3 is 0 Å². The second kappa shape index (κ2) is 5.81. The van der Waals surface area contributed by atoms with Crippen molar-refractivity contribution in [1.29, 1.82) is 0 Å². The summed E-state index contributed by atoms with van der Waals surface area (Å²) in [4.78, 5) is 14.3. The molecule has 2 rings (SSSR count). The largest absolute Gasteiger partial charge is 0.394 e. The number of morpholine rings is 1. The lowest BCUT2D eigenvalue weighted by molar-refractivity contribution is -0.139. The summed E-state index contributed by atoms with van der Waals surface area (Å²) in [5.41, 5.74) is 0.201. The highest BCUT2D eigenvalue weighted by atomic mass is 79.9. The summed E-state index contributed by atoms with van der Waals surface area (Å²) in [5, 5.41) is 9.27. The van der Waals surface area contributed by atoms with Gasteiger partial charge in [-0.1, -0.05) is 0 Å². The number of aliphatic hydroxyl groups is 1. The molecular weight excluding hydrogens is 398 g/mol. The van der Waals surface area contributed by atoms with Crippen LogP contribution in [-0.4, -0.2) is 47.3 Å². The molecule has 1 aliphatic rings. The third kappa shape index (κ3) is 3.58. The second-order valence-corrected chi connectivity index (χ2v) is 8.86. The van der Waals surface area contributed by atoms with Crippen LogP contribution in [0.5, 0.6) is 0 Å². The van der Waals surface area contributed by atoms with E-state index in [1.165, 1.54) is 11.3 Å². The molecule has 19 heavy (non-hydrogen) atoms. The van der Waals surface area contributed by atoms with Crippen molar-refractivity contribution in [3.63, 3.8) is 0 Å². The maximum absolute atomic E-state index is 12.5. The minimum absolute atomic E-state index is 0.0383. The molecule has 4 nitrogen and oxygen atoms in total. The van der Waals surface area contributed by atoms with Gasteiger partial charge in [0.15, 0.2) is 0 Å². The maximum Gasteiger partial charge on any atom is 0.256 e. The number of thiophene rings is 1. The second-order valence-electron chi connectivity index (χ2n) is 5.11. The van der Waals surface area contributed by atoms with Crippen LogP contribution in [0.4, 0.5) is 0 Å². The molecule has 0 radical (unpaired) electrons. The van der Waals surface area contributed by atoms with Crippen molar-refractivity contribution >= 4 is 49.1 Å². The predicted octanol–water partition coefficient (Wildman–Crippen LogP) is 2.89. The van der Waals surface area contributed by atoms with Crippen molar-refractivity contribution in [2.45, 2.75) is 25.6 Å². The average molecular weight is 413 g/mol. The number of hydrogen-bond acceptors (Lipinski definition) is 4. The van der Waals surface area contributed by atoms with Crippen LogP contribution in [0.25, 0.3) is 0 Å². The first kappa shape index (κ1) is 15.4. The van der Waals surface area contributed by atoms with E-state index >= 15 is 0 Å². The average Bonchev–Trinajstić information content (AvgIpc) is 2.65. The first-order valence-corrected chi connectivity index (χ1v) is 8.25. The van der Waals surface area contributed by atoms with Crippen LogP contribution >= 0.6 is 43.2 Å². The van der Waals surface area contributed by atoms with Gasteiger partial charge in [0, 0.05) is 13.1 Å². The van der Waals surface area contributed by atoms with E-state index in [9.17, 15) is 9.90 Å². The molecule has 7 heteroatoms. The lowest BCUT2D eigenvalue weighted by atomic mass is 10.0. The zero-order chi connectivity index (χ0) is 14.2. The van der Waals surface area contributed by atoms with E-state index in [0.717, 1.165) is 7.57 Å². The van der Waals surface area contributed by atoms with Crippen molar-refractivity contribution in [2.75, 3.05) is 19.7 Å². The Labute approximate surface area is 133 Å². The van der Waals surface area contributed by atoms with Gasteiger partial charge < -0.3 is 14.7 Å². The topological polar surface area (TPSA) is 49.8 Å². The van der Waals surface area contributed by atoms with Gasteiger partial charge in [-0.15, -0.1) is 11.3 Å². The number of carbonyl (C=O) groups is 1. The third-order valence-corrected chi connectivity index (χ3v) is 5.20. The maximum atomic E-state index is 12.5. The Hall–Kier alpha value is 0.0500. The summed E-state index contributed by atoms with van der Waals surface area (Å²) < 4.78 is 7.44. The number of aliphatic hydroxyl groups excluding tert-OH is 1. The summed E-state index contributed by atoms with van der Waals surface area (Å²) in [6, 6.07) is 1.81. The summed E-state index contributed by atoms with van der Waals surface area (Å²) in [5.74, 6) is -0.0383. The van der Waals surface area contributed by atoms with Gasteiger partial charge in [0.05, 0.1) is 31.4 Å². The molecule has 1 fully saturated rings. The Kier molecular flexibility index (Phi) is 4.72. The van der Waals surface area contributed by atoms with Crippen molar-refractivity contribution in [3.05, 3.63) is 19.2 Å². The Morgan fingerprint density at radius 2 is 2.32 bits per heavy atom. The highest BCUT2D eigenvalue weighted by molar-refractivity contribution is 9.12. The molecule has 0 bridgehead atoms. The van der Waals surface area contributed by atoms with Crippen LogP contribution in [-0.2, 0) is 4.74 Å². The van der Waals surface area contributed by atoms with Crippen LogP contribution < -0.4 is 0 Å². The van der Waals surface area contributed by atoms with E-state index in [1.54, 1.807) is 4.90 Å². The zero-order valence-electron chi connectivity index (χ0n) is 10.7. The molecule has 1 amide bonds. The molecule has 1 atom stereocenters. The molecule has 0 aromatic carbocycles. The summed E-state index contributed by atoms with van der Waals surface area (Å²) >= 11 is 8.25. The van der Waals surface area contributed by atoms with E-state index in [4.69, 9.17) is 4.74 Å². The highest BCUT2D eigenvalue weighted by Crippen LogP contribution is 2.33. The third-order valence-electron chi connectivity index (χ3n) is 2.86. The molecular formula is C12H15Br2NO3S. The summed E-state index contributed by atoms with van der Waals surface area (Å²) in [7, 11) is 0. The van der Waals surface area contributed by atoms with E-state index in [0.29, 0.717) is 18.7 Å². The molecule has 106 valence electrons. The monoisotopic (exact) mass is 411 g/mol. The van der Waals surface area contributed by atoms with Crippen molar-refractivity contribution in [2.24, 2.45) is 0 Å². The van der Waals surface area contributed by atoms with Gasteiger partial charge in [0.25, 0.3) is 5.91 Å². The minimum atomic E-state index is -0.443. The minimum Gasteiger partial charge on any atom is -0.394 e. The smallest absolute Gasteiger partial charge is 0.256 e. The Balaban J connectivity index is 2.21. The standard InChI is InChI=1S/C12H15Br2NO3S/c1-12(2)6-15(4-7(5-16)18-12)11(17)8-3-9(13)19-10(8)14/h3,7,16H,4-6H2,1-2H3. The van der Waals surface area contributed by atoms with Crippen LogP contribution in [0.2, 0.25) is 0 Å². The van der Waals surface area contributed by atoms with Crippen LogP contribution in [0.15, 0.2) is 13.6 Å². The zero-order valence-corrected chi connectivity index (χ0v) is 14.6. The quantitative estimate of drug-likeness (QED) is 0.812. The number of carbonyl (C=O) groups excluding carboxylic acids is 1. The van der Waals surface area contributed by atoms with E-state index in [2.05, 4.69) is 31.9 Å². The summed E-state index contributed by atoms with van der Waals surface area (Å²) in [6.07, 6.45) is -0.325. The highest BCUT2D eigenvalue weighted by Gasteiger charge is 2.36. The molecule has 0 spiro atoms. The molecule has 1 aromatic rings. The van der Waals surface area contributed by atoms with Gasteiger partial charge in [0.2, 0.25) is 0 Å². The van der Waals surface area contributed by atoms with Gasteiger partial charge in [-0.3, -0.25) is 4.79 Å². The number of rotatable bonds is 2. The molecule has 0 aliphatic carbocycles. The molecule has 1 unspecified atom stereocenters. The molecule has 0 saturated carbocycles. The fourth-order valence-electron chi connectivity index (χ4n) is 2.20. The van der Waals surface area contributed by atoms with E-state index in [-0.39, 0.29) is 18.6 Å². The van der Waals surface area contributed by atoms with Crippen LogP contribution in [0.1, 0.15) is 24.2 Å². The molecule has 1 N–H and O–H groups in total. The first-order valence-electron chi connectivity index (χ1n) is 5.85. The Morgan fingerprint density at radius 3 is 2.84 bits per heavy atom.